The smallest absolute Gasteiger partial charge is 0.0966 e. The van der Waals surface area contributed by atoms with E-state index >= 15 is 0 Å². The number of nitrogens with two attached hydrogens (primary N) is 1. The second-order valence-electron chi connectivity index (χ2n) is 6.13. The van der Waals surface area contributed by atoms with Crippen molar-refractivity contribution >= 4 is 0 Å². The Morgan fingerprint density at radius 1 is 1.05 bits per heavy atom. The zero-order valence-corrected chi connectivity index (χ0v) is 12.5. The van der Waals surface area contributed by atoms with Crippen LogP contribution < -0.4 is 5.73 Å². The SMILES string of the molecule is N#CC1=C(N)C(c2ccccc2)(N2CCCCC2)CCC1. The van der Waals surface area contributed by atoms with Crippen molar-refractivity contribution in [1.29, 1.82) is 5.26 Å². The van der Waals surface area contributed by atoms with E-state index in [4.69, 9.17) is 5.73 Å². The normalized spacial score (nSPS) is 27.4. The van der Waals surface area contributed by atoms with Gasteiger partial charge in [-0.1, -0.05) is 36.8 Å². The number of nitrogens with zero attached hydrogens (tertiary/aromatic N) is 2. The predicted octanol–water partition coefficient (Wildman–Crippen LogP) is 3.29. The van der Waals surface area contributed by atoms with Crippen molar-refractivity contribution in [3.63, 3.8) is 0 Å². The van der Waals surface area contributed by atoms with E-state index in [1.165, 1.54) is 24.8 Å². The van der Waals surface area contributed by atoms with Gasteiger partial charge in [-0.2, -0.15) is 5.26 Å². The largest absolute Gasteiger partial charge is 0.399 e. The molecule has 1 heterocycles. The van der Waals surface area contributed by atoms with Gasteiger partial charge in [0.25, 0.3) is 0 Å². The van der Waals surface area contributed by atoms with Crippen molar-refractivity contribution < 1.29 is 0 Å². The maximum absolute atomic E-state index is 9.43. The number of nitriles is 1. The summed E-state index contributed by atoms with van der Waals surface area (Å²) in [5.41, 5.74) is 9.12. The highest BCUT2D eigenvalue weighted by Gasteiger charge is 2.44. The molecule has 3 rings (SSSR count). The van der Waals surface area contributed by atoms with Gasteiger partial charge in [-0.3, -0.25) is 4.90 Å². The molecule has 3 nitrogen and oxygen atoms in total. The number of likely N-dealkylation sites (tertiary alicyclic amines) is 1. The molecule has 110 valence electrons. The van der Waals surface area contributed by atoms with Gasteiger partial charge in [0.2, 0.25) is 0 Å². The molecule has 0 radical (unpaired) electrons. The third-order valence-electron chi connectivity index (χ3n) is 5.02. The van der Waals surface area contributed by atoms with Crippen molar-refractivity contribution in [3.8, 4) is 6.07 Å². The molecule has 2 N–H and O–H groups in total. The molecule has 1 aliphatic heterocycles. The summed E-state index contributed by atoms with van der Waals surface area (Å²) in [5, 5.41) is 9.43. The summed E-state index contributed by atoms with van der Waals surface area (Å²) in [5.74, 6) is 0. The number of rotatable bonds is 2. The molecule has 0 saturated carbocycles. The van der Waals surface area contributed by atoms with Gasteiger partial charge in [0, 0.05) is 5.70 Å². The maximum atomic E-state index is 9.43. The van der Waals surface area contributed by atoms with Gasteiger partial charge >= 0.3 is 0 Å². The van der Waals surface area contributed by atoms with Crippen LogP contribution >= 0.6 is 0 Å². The number of piperidine rings is 1. The standard InChI is InChI=1S/C18H23N3/c19-14-15-8-7-11-18(17(15)20,16-9-3-1-4-10-16)21-12-5-2-6-13-21/h1,3-4,9-10H,2,5-8,11-13,20H2. The molecule has 3 heteroatoms. The Bertz CT molecular complexity index is 564. The quantitative estimate of drug-likeness (QED) is 0.905. The molecule has 0 aromatic heterocycles. The molecule has 2 aliphatic rings. The van der Waals surface area contributed by atoms with Gasteiger partial charge in [0.1, 0.15) is 0 Å². The monoisotopic (exact) mass is 281 g/mol. The fraction of sp³-hybridized carbons (Fsp3) is 0.500. The van der Waals surface area contributed by atoms with Crippen molar-refractivity contribution in [2.45, 2.75) is 44.1 Å². The number of benzene rings is 1. The van der Waals surface area contributed by atoms with Gasteiger partial charge in [0.05, 0.1) is 17.2 Å². The zero-order valence-electron chi connectivity index (χ0n) is 12.5. The van der Waals surface area contributed by atoms with Crippen LogP contribution in [0, 0.1) is 11.3 Å². The third kappa shape index (κ3) is 2.34. The first-order valence-electron chi connectivity index (χ1n) is 7.99. The first-order chi connectivity index (χ1) is 10.3. The van der Waals surface area contributed by atoms with Crippen LogP contribution in [0.5, 0.6) is 0 Å². The summed E-state index contributed by atoms with van der Waals surface area (Å²) >= 11 is 0. The first kappa shape index (κ1) is 14.2. The van der Waals surface area contributed by atoms with E-state index in [9.17, 15) is 5.26 Å². The average Bonchev–Trinajstić information content (AvgIpc) is 2.57. The van der Waals surface area contributed by atoms with Crippen molar-refractivity contribution in [3.05, 3.63) is 47.2 Å². The Morgan fingerprint density at radius 2 is 1.76 bits per heavy atom. The Hall–Kier alpha value is -1.79. The van der Waals surface area contributed by atoms with E-state index in [-0.39, 0.29) is 5.54 Å². The number of hydrogen-bond acceptors (Lipinski definition) is 3. The highest BCUT2D eigenvalue weighted by molar-refractivity contribution is 5.43. The number of allylic oxidation sites excluding steroid dienone is 1. The topological polar surface area (TPSA) is 53.1 Å². The summed E-state index contributed by atoms with van der Waals surface area (Å²) in [4.78, 5) is 2.53. The lowest BCUT2D eigenvalue weighted by Gasteiger charge is -2.48. The van der Waals surface area contributed by atoms with Crippen LogP contribution in [0.1, 0.15) is 44.1 Å². The van der Waals surface area contributed by atoms with Crippen LogP contribution in [0.3, 0.4) is 0 Å². The second kappa shape index (κ2) is 5.91. The summed E-state index contributed by atoms with van der Waals surface area (Å²) in [6.07, 6.45) is 6.64. The van der Waals surface area contributed by atoms with Gasteiger partial charge < -0.3 is 5.73 Å². The molecule has 0 bridgehead atoms. The minimum atomic E-state index is -0.259. The first-order valence-corrected chi connectivity index (χ1v) is 7.99. The molecule has 0 amide bonds. The molecule has 1 aliphatic carbocycles. The lowest BCUT2D eigenvalue weighted by Crippen LogP contribution is -2.53. The number of hydrogen-bond donors (Lipinski definition) is 1. The molecule has 1 fully saturated rings. The molecule has 1 aromatic carbocycles. The van der Waals surface area contributed by atoms with E-state index in [0.717, 1.165) is 43.6 Å². The fourth-order valence-electron chi connectivity index (χ4n) is 3.96. The molecule has 1 unspecified atom stereocenters. The van der Waals surface area contributed by atoms with Crippen molar-refractivity contribution in [2.24, 2.45) is 5.73 Å². The molecular weight excluding hydrogens is 258 g/mol. The lowest BCUT2D eigenvalue weighted by molar-refractivity contribution is 0.0767. The highest BCUT2D eigenvalue weighted by Crippen LogP contribution is 2.44. The molecule has 1 saturated heterocycles. The summed E-state index contributed by atoms with van der Waals surface area (Å²) in [6, 6.07) is 12.9. The van der Waals surface area contributed by atoms with Gasteiger partial charge in [0.15, 0.2) is 0 Å². The van der Waals surface area contributed by atoms with Crippen LogP contribution in [0.25, 0.3) is 0 Å². The Balaban J connectivity index is 2.13. The van der Waals surface area contributed by atoms with E-state index in [0.29, 0.717) is 0 Å². The molecule has 1 aromatic rings. The molecule has 21 heavy (non-hydrogen) atoms. The minimum Gasteiger partial charge on any atom is -0.399 e. The van der Waals surface area contributed by atoms with Gasteiger partial charge in [-0.15, -0.1) is 0 Å². The Labute approximate surface area is 127 Å². The fourth-order valence-corrected chi connectivity index (χ4v) is 3.96. The highest BCUT2D eigenvalue weighted by atomic mass is 15.2. The minimum absolute atomic E-state index is 0.259. The summed E-state index contributed by atoms with van der Waals surface area (Å²) in [7, 11) is 0. The maximum Gasteiger partial charge on any atom is 0.0966 e. The molecule has 1 atom stereocenters. The van der Waals surface area contributed by atoms with Crippen molar-refractivity contribution in [2.75, 3.05) is 13.1 Å². The summed E-state index contributed by atoms with van der Waals surface area (Å²) in [6.45, 7) is 2.16. The molecule has 0 spiro atoms. The van der Waals surface area contributed by atoms with Crippen LogP contribution in [-0.2, 0) is 5.54 Å². The van der Waals surface area contributed by atoms with Crippen LogP contribution in [-0.4, -0.2) is 18.0 Å². The van der Waals surface area contributed by atoms with Crippen LogP contribution in [0.15, 0.2) is 41.6 Å². The van der Waals surface area contributed by atoms with E-state index < -0.39 is 0 Å². The Morgan fingerprint density at radius 3 is 2.43 bits per heavy atom. The third-order valence-corrected chi connectivity index (χ3v) is 5.02. The van der Waals surface area contributed by atoms with Gasteiger partial charge in [-0.05, 0) is 50.8 Å². The zero-order chi connectivity index (χ0) is 14.7. The second-order valence-corrected chi connectivity index (χ2v) is 6.13. The van der Waals surface area contributed by atoms with Gasteiger partial charge in [-0.25, -0.2) is 0 Å². The Kier molecular flexibility index (Phi) is 3.98. The molecular formula is C18H23N3. The van der Waals surface area contributed by atoms with E-state index in [2.05, 4.69) is 35.2 Å². The average molecular weight is 281 g/mol. The van der Waals surface area contributed by atoms with E-state index in [1.807, 2.05) is 6.07 Å². The summed E-state index contributed by atoms with van der Waals surface area (Å²) < 4.78 is 0. The van der Waals surface area contributed by atoms with Crippen LogP contribution in [0.2, 0.25) is 0 Å². The predicted molar refractivity (Wildman–Crippen MR) is 84.2 cm³/mol. The van der Waals surface area contributed by atoms with E-state index in [1.54, 1.807) is 0 Å². The van der Waals surface area contributed by atoms with Crippen LogP contribution in [0.4, 0.5) is 0 Å². The van der Waals surface area contributed by atoms with Crippen molar-refractivity contribution in [1.82, 2.24) is 4.90 Å². The lowest BCUT2D eigenvalue weighted by atomic mass is 9.74.